The van der Waals surface area contributed by atoms with E-state index in [9.17, 15) is 4.79 Å². The van der Waals surface area contributed by atoms with Gasteiger partial charge in [-0.15, -0.1) is 23.1 Å². The Morgan fingerprint density at radius 2 is 2.27 bits per heavy atom. The lowest BCUT2D eigenvalue weighted by Gasteiger charge is -2.13. The first-order chi connectivity index (χ1) is 7.09. The second kappa shape index (κ2) is 6.18. The zero-order valence-electron chi connectivity index (χ0n) is 9.32. The predicted octanol–water partition coefficient (Wildman–Crippen LogP) is 2.89. The molecular weight excluding hydrogens is 226 g/mol. The van der Waals surface area contributed by atoms with E-state index in [4.69, 9.17) is 0 Å². The van der Waals surface area contributed by atoms with Crippen molar-refractivity contribution in [2.45, 2.75) is 37.8 Å². The van der Waals surface area contributed by atoms with Gasteiger partial charge < -0.3 is 5.32 Å². The summed E-state index contributed by atoms with van der Waals surface area (Å²) >= 11 is 3.36. The Kier molecular flexibility index (Phi) is 5.19. The number of thiophene rings is 1. The third-order valence-corrected chi connectivity index (χ3v) is 3.91. The molecule has 1 aromatic heterocycles. The summed E-state index contributed by atoms with van der Waals surface area (Å²) < 4.78 is 0. The first kappa shape index (κ1) is 12.6. The van der Waals surface area contributed by atoms with E-state index in [1.807, 2.05) is 24.4 Å². The number of amides is 1. The molecule has 1 N–H and O–H groups in total. The number of rotatable bonds is 5. The van der Waals surface area contributed by atoms with Crippen molar-refractivity contribution in [1.82, 2.24) is 5.32 Å². The van der Waals surface area contributed by atoms with E-state index in [0.29, 0.717) is 11.8 Å². The Bertz CT molecular complexity index is 296. The minimum atomic E-state index is 0.0324. The van der Waals surface area contributed by atoms with E-state index in [1.165, 1.54) is 4.88 Å². The van der Waals surface area contributed by atoms with Crippen LogP contribution in [0.15, 0.2) is 17.5 Å². The van der Waals surface area contributed by atoms with Gasteiger partial charge >= 0.3 is 0 Å². The van der Waals surface area contributed by atoms with Crippen molar-refractivity contribution in [3.63, 3.8) is 0 Å². The first-order valence-corrected chi connectivity index (χ1v) is 6.87. The molecule has 1 amide bonds. The van der Waals surface area contributed by atoms with E-state index >= 15 is 0 Å². The number of carbonyl (C=O) groups is 1. The van der Waals surface area contributed by atoms with E-state index in [-0.39, 0.29) is 11.2 Å². The van der Waals surface area contributed by atoms with Gasteiger partial charge in [-0.1, -0.05) is 19.9 Å². The zero-order valence-corrected chi connectivity index (χ0v) is 11.0. The third-order valence-electron chi connectivity index (χ3n) is 1.86. The topological polar surface area (TPSA) is 29.1 Å². The van der Waals surface area contributed by atoms with Crippen LogP contribution in [0, 0.1) is 0 Å². The molecule has 0 fully saturated rings. The molecule has 2 nitrogen and oxygen atoms in total. The normalized spacial score (nSPS) is 12.8. The highest BCUT2D eigenvalue weighted by Gasteiger charge is 2.14. The van der Waals surface area contributed by atoms with Gasteiger partial charge in [-0.05, 0) is 23.6 Å². The van der Waals surface area contributed by atoms with Crippen molar-refractivity contribution in [2.75, 3.05) is 0 Å². The van der Waals surface area contributed by atoms with E-state index < -0.39 is 0 Å². The molecule has 0 aliphatic heterocycles. The Balaban J connectivity index is 2.29. The highest BCUT2D eigenvalue weighted by molar-refractivity contribution is 8.01. The maximum atomic E-state index is 11.6. The average molecular weight is 243 g/mol. The van der Waals surface area contributed by atoms with Crippen molar-refractivity contribution < 1.29 is 4.79 Å². The van der Waals surface area contributed by atoms with Gasteiger partial charge in [0.05, 0.1) is 11.8 Å². The van der Waals surface area contributed by atoms with Crippen LogP contribution in [0.25, 0.3) is 0 Å². The van der Waals surface area contributed by atoms with Crippen molar-refractivity contribution in [3.8, 4) is 0 Å². The highest BCUT2D eigenvalue weighted by atomic mass is 32.2. The molecule has 0 spiro atoms. The van der Waals surface area contributed by atoms with Gasteiger partial charge in [0.2, 0.25) is 5.91 Å². The molecule has 0 aliphatic carbocycles. The lowest BCUT2D eigenvalue weighted by atomic mass is 10.4. The molecule has 1 rings (SSSR count). The van der Waals surface area contributed by atoms with E-state index in [0.717, 1.165) is 0 Å². The van der Waals surface area contributed by atoms with Crippen molar-refractivity contribution in [1.29, 1.82) is 0 Å². The Hall–Kier alpha value is -0.480. The smallest absolute Gasteiger partial charge is 0.233 e. The molecule has 0 bridgehead atoms. The fourth-order valence-corrected chi connectivity index (χ4v) is 2.87. The summed E-state index contributed by atoms with van der Waals surface area (Å²) in [4.78, 5) is 12.8. The molecule has 0 radical (unpaired) electrons. The number of nitrogens with one attached hydrogen (secondary N) is 1. The highest BCUT2D eigenvalue weighted by Crippen LogP contribution is 2.17. The standard InChI is InChI=1S/C11H17NOS2/c1-8(2)15-9(3)11(13)12-7-10-5-4-6-14-10/h4-6,8-9H,7H2,1-3H3,(H,12,13)/t9-/m1/s1. The summed E-state index contributed by atoms with van der Waals surface area (Å²) in [5.41, 5.74) is 0. The Morgan fingerprint density at radius 3 is 2.80 bits per heavy atom. The van der Waals surface area contributed by atoms with Gasteiger partial charge in [0.15, 0.2) is 0 Å². The fraction of sp³-hybridized carbons (Fsp3) is 0.545. The maximum Gasteiger partial charge on any atom is 0.233 e. The molecule has 0 aromatic carbocycles. The minimum Gasteiger partial charge on any atom is -0.350 e. The number of carbonyl (C=O) groups excluding carboxylic acids is 1. The van der Waals surface area contributed by atoms with Crippen LogP contribution in [0.4, 0.5) is 0 Å². The lowest BCUT2D eigenvalue weighted by molar-refractivity contribution is -0.120. The number of hydrogen-bond donors (Lipinski definition) is 1. The average Bonchev–Trinajstić information content (AvgIpc) is 2.65. The summed E-state index contributed by atoms with van der Waals surface area (Å²) in [6.07, 6.45) is 0. The summed E-state index contributed by atoms with van der Waals surface area (Å²) in [7, 11) is 0. The van der Waals surface area contributed by atoms with Crippen molar-refractivity contribution >= 4 is 29.0 Å². The van der Waals surface area contributed by atoms with E-state index in [2.05, 4.69) is 19.2 Å². The van der Waals surface area contributed by atoms with Crippen LogP contribution in [0.1, 0.15) is 25.6 Å². The van der Waals surface area contributed by atoms with Crippen LogP contribution in [0.2, 0.25) is 0 Å². The monoisotopic (exact) mass is 243 g/mol. The van der Waals surface area contributed by atoms with Crippen LogP contribution in [0.3, 0.4) is 0 Å². The van der Waals surface area contributed by atoms with Crippen molar-refractivity contribution in [2.24, 2.45) is 0 Å². The summed E-state index contributed by atoms with van der Waals surface area (Å²) in [6.45, 7) is 6.81. The predicted molar refractivity (Wildman–Crippen MR) is 68.4 cm³/mol. The van der Waals surface area contributed by atoms with Gasteiger partial charge in [0.25, 0.3) is 0 Å². The van der Waals surface area contributed by atoms with Crippen LogP contribution < -0.4 is 5.32 Å². The van der Waals surface area contributed by atoms with Gasteiger partial charge in [0.1, 0.15) is 0 Å². The SMILES string of the molecule is CC(C)S[C@H](C)C(=O)NCc1cccs1. The second-order valence-corrected chi connectivity index (χ2v) is 6.58. The van der Waals surface area contributed by atoms with Crippen LogP contribution >= 0.6 is 23.1 Å². The molecule has 1 atom stereocenters. The quantitative estimate of drug-likeness (QED) is 0.861. The largest absolute Gasteiger partial charge is 0.350 e. The summed E-state index contributed by atoms with van der Waals surface area (Å²) in [5, 5.41) is 5.49. The molecule has 4 heteroatoms. The van der Waals surface area contributed by atoms with Crippen LogP contribution in [-0.2, 0) is 11.3 Å². The second-order valence-electron chi connectivity index (χ2n) is 3.62. The summed E-state index contributed by atoms with van der Waals surface area (Å²) in [5.74, 6) is 0.127. The Morgan fingerprint density at radius 1 is 1.53 bits per heavy atom. The van der Waals surface area contributed by atoms with Gasteiger partial charge in [-0.2, -0.15) is 0 Å². The van der Waals surface area contributed by atoms with Crippen molar-refractivity contribution in [3.05, 3.63) is 22.4 Å². The first-order valence-electron chi connectivity index (χ1n) is 5.05. The molecule has 0 saturated carbocycles. The molecule has 0 aliphatic rings. The number of hydrogen-bond acceptors (Lipinski definition) is 3. The van der Waals surface area contributed by atoms with Crippen LogP contribution in [0.5, 0.6) is 0 Å². The molecule has 1 heterocycles. The van der Waals surface area contributed by atoms with E-state index in [1.54, 1.807) is 23.1 Å². The third kappa shape index (κ3) is 4.71. The van der Waals surface area contributed by atoms with Crippen LogP contribution in [-0.4, -0.2) is 16.4 Å². The fourth-order valence-electron chi connectivity index (χ4n) is 1.20. The molecule has 0 unspecified atom stereocenters. The van der Waals surface area contributed by atoms with Gasteiger partial charge in [0, 0.05) is 4.88 Å². The zero-order chi connectivity index (χ0) is 11.3. The van der Waals surface area contributed by atoms with Gasteiger partial charge in [-0.25, -0.2) is 0 Å². The lowest BCUT2D eigenvalue weighted by Crippen LogP contribution is -2.30. The molecule has 1 aromatic rings. The molecule has 84 valence electrons. The Labute approximate surface area is 99.5 Å². The molecule has 15 heavy (non-hydrogen) atoms. The minimum absolute atomic E-state index is 0.0324. The maximum absolute atomic E-state index is 11.6. The molecule has 0 saturated heterocycles. The number of thioether (sulfide) groups is 1. The molecular formula is C11H17NOS2. The van der Waals surface area contributed by atoms with Gasteiger partial charge in [-0.3, -0.25) is 4.79 Å². The summed E-state index contributed by atoms with van der Waals surface area (Å²) in [6, 6.07) is 4.03.